The Morgan fingerprint density at radius 2 is 1.96 bits per heavy atom. The molecule has 5 nitrogen and oxygen atoms in total. The van der Waals surface area contributed by atoms with E-state index in [1.165, 1.54) is 24.1 Å². The summed E-state index contributed by atoms with van der Waals surface area (Å²) in [6, 6.07) is 8.43. The molecule has 4 rings (SSSR count). The van der Waals surface area contributed by atoms with E-state index in [1.807, 2.05) is 4.90 Å². The summed E-state index contributed by atoms with van der Waals surface area (Å²) in [5.41, 5.74) is 2.65. The van der Waals surface area contributed by atoms with Crippen molar-refractivity contribution in [1.29, 1.82) is 0 Å². The van der Waals surface area contributed by atoms with E-state index in [9.17, 15) is 9.59 Å². The van der Waals surface area contributed by atoms with Crippen molar-refractivity contribution in [2.45, 2.75) is 25.7 Å². The Hall–Kier alpha value is -2.04. The normalized spacial score (nSPS) is 19.8. The Morgan fingerprint density at radius 3 is 2.75 bits per heavy atom. The van der Waals surface area contributed by atoms with Crippen molar-refractivity contribution in [3.63, 3.8) is 0 Å². The summed E-state index contributed by atoms with van der Waals surface area (Å²) in [6.07, 6.45) is 4.09. The predicted molar refractivity (Wildman–Crippen MR) is 92.8 cm³/mol. The smallest absolute Gasteiger partial charge is 0.226 e. The van der Waals surface area contributed by atoms with Crippen LogP contribution >= 0.6 is 0 Å². The minimum absolute atomic E-state index is 0.000197. The van der Waals surface area contributed by atoms with Crippen molar-refractivity contribution in [2.75, 3.05) is 37.6 Å². The second-order valence-corrected chi connectivity index (χ2v) is 7.30. The number of carbonyl (C=O) groups is 2. The molecule has 0 atom stereocenters. The van der Waals surface area contributed by atoms with Crippen molar-refractivity contribution < 1.29 is 9.59 Å². The summed E-state index contributed by atoms with van der Waals surface area (Å²) >= 11 is 0. The third-order valence-corrected chi connectivity index (χ3v) is 5.45. The SMILES string of the molecule is O=C(NCC1CC1)C1CN(C(=O)CCN2CCc3ccccc32)C1. The highest BCUT2D eigenvalue weighted by Crippen LogP contribution is 2.29. The highest BCUT2D eigenvalue weighted by molar-refractivity contribution is 5.84. The highest BCUT2D eigenvalue weighted by atomic mass is 16.2. The first-order valence-electron chi connectivity index (χ1n) is 9.09. The Kier molecular flexibility index (Phi) is 4.17. The van der Waals surface area contributed by atoms with Crippen molar-refractivity contribution in [3.05, 3.63) is 29.8 Å². The van der Waals surface area contributed by atoms with Gasteiger partial charge in [-0.3, -0.25) is 9.59 Å². The molecule has 128 valence electrons. The fourth-order valence-corrected chi connectivity index (χ4v) is 3.59. The van der Waals surface area contributed by atoms with Gasteiger partial charge in [0.25, 0.3) is 0 Å². The van der Waals surface area contributed by atoms with Gasteiger partial charge in [0, 0.05) is 44.8 Å². The van der Waals surface area contributed by atoms with Gasteiger partial charge in [0.15, 0.2) is 0 Å². The van der Waals surface area contributed by atoms with E-state index in [0.29, 0.717) is 25.4 Å². The van der Waals surface area contributed by atoms with Gasteiger partial charge in [0.2, 0.25) is 11.8 Å². The molecule has 0 bridgehead atoms. The number of hydrogen-bond acceptors (Lipinski definition) is 3. The van der Waals surface area contributed by atoms with Crippen LogP contribution in [0.5, 0.6) is 0 Å². The largest absolute Gasteiger partial charge is 0.370 e. The van der Waals surface area contributed by atoms with Gasteiger partial charge >= 0.3 is 0 Å². The van der Waals surface area contributed by atoms with Crippen LogP contribution in [0.25, 0.3) is 0 Å². The number of benzene rings is 1. The molecule has 0 aromatic heterocycles. The number of nitrogens with one attached hydrogen (secondary N) is 1. The van der Waals surface area contributed by atoms with E-state index in [1.54, 1.807) is 0 Å². The zero-order chi connectivity index (χ0) is 16.5. The molecule has 3 aliphatic rings. The molecule has 0 spiro atoms. The number of anilines is 1. The van der Waals surface area contributed by atoms with E-state index in [0.717, 1.165) is 26.1 Å². The Labute approximate surface area is 143 Å². The first kappa shape index (κ1) is 15.5. The maximum Gasteiger partial charge on any atom is 0.226 e. The van der Waals surface area contributed by atoms with Gasteiger partial charge in [0.05, 0.1) is 5.92 Å². The van der Waals surface area contributed by atoms with E-state index >= 15 is 0 Å². The molecule has 1 aromatic rings. The lowest BCUT2D eigenvalue weighted by atomic mass is 9.98. The number of nitrogens with zero attached hydrogens (tertiary/aromatic N) is 2. The lowest BCUT2D eigenvalue weighted by molar-refractivity contribution is -0.142. The number of fused-ring (bicyclic) bond motifs is 1. The number of carbonyl (C=O) groups excluding carboxylic acids is 2. The molecule has 2 fully saturated rings. The first-order chi connectivity index (χ1) is 11.7. The molecule has 5 heteroatoms. The molecule has 1 N–H and O–H groups in total. The molecule has 1 saturated heterocycles. The van der Waals surface area contributed by atoms with Crippen LogP contribution in [-0.4, -0.2) is 49.4 Å². The summed E-state index contributed by atoms with van der Waals surface area (Å²) in [7, 11) is 0. The second-order valence-electron chi connectivity index (χ2n) is 7.30. The third-order valence-electron chi connectivity index (χ3n) is 5.45. The van der Waals surface area contributed by atoms with Crippen LogP contribution in [0.3, 0.4) is 0 Å². The lowest BCUT2D eigenvalue weighted by Crippen LogP contribution is -2.56. The average Bonchev–Trinajstić information content (AvgIpc) is 3.28. The predicted octanol–water partition coefficient (Wildman–Crippen LogP) is 1.42. The summed E-state index contributed by atoms with van der Waals surface area (Å²) in [5, 5.41) is 3.01. The molecule has 24 heavy (non-hydrogen) atoms. The van der Waals surface area contributed by atoms with Gasteiger partial charge in [-0.1, -0.05) is 18.2 Å². The number of rotatable bonds is 6. The van der Waals surface area contributed by atoms with Crippen LogP contribution in [0.2, 0.25) is 0 Å². The minimum Gasteiger partial charge on any atom is -0.370 e. The Morgan fingerprint density at radius 1 is 1.17 bits per heavy atom. The molecule has 2 heterocycles. The second kappa shape index (κ2) is 6.46. The summed E-state index contributed by atoms with van der Waals surface area (Å²) in [5.74, 6) is 1.00. The van der Waals surface area contributed by atoms with E-state index in [-0.39, 0.29) is 17.7 Å². The maximum atomic E-state index is 12.3. The fraction of sp³-hybridized carbons (Fsp3) is 0.579. The molecule has 1 aliphatic carbocycles. The van der Waals surface area contributed by atoms with E-state index in [2.05, 4.69) is 34.5 Å². The molecule has 2 amide bonds. The average molecular weight is 327 g/mol. The van der Waals surface area contributed by atoms with Crippen molar-refractivity contribution in [1.82, 2.24) is 10.2 Å². The quantitative estimate of drug-likeness (QED) is 0.860. The van der Waals surface area contributed by atoms with Gasteiger partial charge in [-0.25, -0.2) is 0 Å². The Balaban J connectivity index is 1.19. The van der Waals surface area contributed by atoms with Gasteiger partial charge in [-0.05, 0) is 36.8 Å². The molecular weight excluding hydrogens is 302 g/mol. The molecule has 0 unspecified atom stereocenters. The highest BCUT2D eigenvalue weighted by Gasteiger charge is 2.36. The molecular formula is C19H25N3O2. The lowest BCUT2D eigenvalue weighted by Gasteiger charge is -2.38. The topological polar surface area (TPSA) is 52.7 Å². The molecule has 2 aliphatic heterocycles. The van der Waals surface area contributed by atoms with Crippen LogP contribution in [0.15, 0.2) is 24.3 Å². The Bertz CT molecular complexity index is 635. The molecule has 0 radical (unpaired) electrons. The zero-order valence-corrected chi connectivity index (χ0v) is 14.0. The zero-order valence-electron chi connectivity index (χ0n) is 14.0. The van der Waals surface area contributed by atoms with Gasteiger partial charge < -0.3 is 15.1 Å². The number of amides is 2. The number of likely N-dealkylation sites (tertiary alicyclic amines) is 1. The summed E-state index contributed by atoms with van der Waals surface area (Å²) < 4.78 is 0. The summed E-state index contributed by atoms with van der Waals surface area (Å²) in [4.78, 5) is 28.4. The monoisotopic (exact) mass is 327 g/mol. The number of para-hydroxylation sites is 1. The van der Waals surface area contributed by atoms with Gasteiger partial charge in [-0.15, -0.1) is 0 Å². The summed E-state index contributed by atoms with van der Waals surface area (Å²) in [6.45, 7) is 3.76. The maximum absolute atomic E-state index is 12.3. The third kappa shape index (κ3) is 3.25. The van der Waals surface area contributed by atoms with Crippen molar-refractivity contribution in [3.8, 4) is 0 Å². The molecule has 1 saturated carbocycles. The fourth-order valence-electron chi connectivity index (χ4n) is 3.59. The van der Waals surface area contributed by atoms with Crippen LogP contribution in [0.1, 0.15) is 24.8 Å². The standard InChI is InChI=1S/C19H25N3O2/c23-18(8-10-21-9-7-15-3-1-2-4-17(15)21)22-12-16(13-22)19(24)20-11-14-5-6-14/h1-4,14,16H,5-13H2,(H,20,24). The van der Waals surface area contributed by atoms with Crippen molar-refractivity contribution in [2.24, 2.45) is 11.8 Å². The number of hydrogen-bond donors (Lipinski definition) is 1. The van der Waals surface area contributed by atoms with E-state index in [4.69, 9.17) is 0 Å². The minimum atomic E-state index is 0.000197. The first-order valence-corrected chi connectivity index (χ1v) is 9.09. The van der Waals surface area contributed by atoms with E-state index < -0.39 is 0 Å². The van der Waals surface area contributed by atoms with Gasteiger partial charge in [0.1, 0.15) is 0 Å². The van der Waals surface area contributed by atoms with Crippen LogP contribution in [0, 0.1) is 11.8 Å². The van der Waals surface area contributed by atoms with Crippen LogP contribution < -0.4 is 10.2 Å². The van der Waals surface area contributed by atoms with Crippen molar-refractivity contribution >= 4 is 17.5 Å². The molecule has 1 aromatic carbocycles. The van der Waals surface area contributed by atoms with Crippen LogP contribution in [-0.2, 0) is 16.0 Å². The van der Waals surface area contributed by atoms with Crippen LogP contribution in [0.4, 0.5) is 5.69 Å². The van der Waals surface area contributed by atoms with Gasteiger partial charge in [-0.2, -0.15) is 0 Å².